The van der Waals surface area contributed by atoms with Crippen LogP contribution in [0.2, 0.25) is 0 Å². The zero-order valence-corrected chi connectivity index (χ0v) is 17.2. The quantitative estimate of drug-likeness (QED) is 0.568. The summed E-state index contributed by atoms with van der Waals surface area (Å²) in [5.74, 6) is 1.80. The van der Waals surface area contributed by atoms with Gasteiger partial charge in [-0.3, -0.25) is 0 Å². The summed E-state index contributed by atoms with van der Waals surface area (Å²) in [7, 11) is 0. The van der Waals surface area contributed by atoms with Crippen LogP contribution in [0.5, 0.6) is 5.75 Å². The van der Waals surface area contributed by atoms with Gasteiger partial charge in [0.05, 0.1) is 16.7 Å². The number of aromatic nitrogens is 2. The van der Waals surface area contributed by atoms with Crippen molar-refractivity contribution in [3.63, 3.8) is 0 Å². The van der Waals surface area contributed by atoms with Gasteiger partial charge in [-0.25, -0.2) is 9.97 Å². The Kier molecular flexibility index (Phi) is 7.69. The van der Waals surface area contributed by atoms with Gasteiger partial charge in [-0.15, -0.1) is 0 Å². The molecule has 1 heterocycles. The molecule has 0 unspecified atom stereocenters. The number of benzene rings is 1. The molecule has 5 heteroatoms. The number of ether oxygens (including phenoxy) is 1. The topological polar surface area (TPSA) is 47.0 Å². The fourth-order valence-corrected chi connectivity index (χ4v) is 3.24. The molecule has 0 radical (unpaired) electrons. The van der Waals surface area contributed by atoms with Crippen molar-refractivity contribution < 1.29 is 4.74 Å². The first-order valence-electron chi connectivity index (χ1n) is 8.96. The van der Waals surface area contributed by atoms with E-state index in [4.69, 9.17) is 4.74 Å². The third-order valence-corrected chi connectivity index (χ3v) is 5.14. The Balaban J connectivity index is 1.89. The molecule has 0 bridgehead atoms. The van der Waals surface area contributed by atoms with Crippen LogP contribution in [0.25, 0.3) is 0 Å². The maximum absolute atomic E-state index is 6.02. The number of unbranched alkanes of at least 4 members (excludes halogenated alkanes) is 2. The van der Waals surface area contributed by atoms with E-state index in [9.17, 15) is 0 Å². The number of hydrogen-bond donors (Lipinski definition) is 1. The molecule has 0 saturated heterocycles. The molecule has 0 aliphatic carbocycles. The van der Waals surface area contributed by atoms with Crippen LogP contribution in [-0.2, 0) is 6.42 Å². The van der Waals surface area contributed by atoms with E-state index in [2.05, 4.69) is 64.1 Å². The molecule has 136 valence electrons. The molecule has 1 aromatic heterocycles. The van der Waals surface area contributed by atoms with Crippen LogP contribution in [0, 0.1) is 20.8 Å². The summed E-state index contributed by atoms with van der Waals surface area (Å²) in [5, 5.41) is 3.29. The van der Waals surface area contributed by atoms with Crippen LogP contribution in [0.4, 0.5) is 5.82 Å². The van der Waals surface area contributed by atoms with Gasteiger partial charge in [0, 0.05) is 0 Å². The normalized spacial score (nSPS) is 10.8. The Morgan fingerprint density at radius 1 is 1.08 bits per heavy atom. The number of nitrogens with one attached hydrogen (secondary N) is 1. The molecule has 25 heavy (non-hydrogen) atoms. The van der Waals surface area contributed by atoms with E-state index < -0.39 is 0 Å². The average Bonchev–Trinajstić information content (AvgIpc) is 2.57. The molecule has 0 aliphatic rings. The lowest BCUT2D eigenvalue weighted by molar-refractivity contribution is 0.328. The minimum atomic E-state index is 0.590. The van der Waals surface area contributed by atoms with Gasteiger partial charge in [0.1, 0.15) is 24.5 Å². The Morgan fingerprint density at radius 2 is 1.80 bits per heavy atom. The van der Waals surface area contributed by atoms with E-state index in [-0.39, 0.29) is 0 Å². The summed E-state index contributed by atoms with van der Waals surface area (Å²) in [4.78, 5) is 8.39. The highest BCUT2D eigenvalue weighted by Gasteiger charge is 2.08. The highest BCUT2D eigenvalue weighted by atomic mass is 79.9. The zero-order valence-electron chi connectivity index (χ0n) is 15.7. The average molecular weight is 406 g/mol. The number of nitrogens with zero attached hydrogens (tertiary/aromatic N) is 2. The zero-order chi connectivity index (χ0) is 18.2. The highest BCUT2D eigenvalue weighted by Crippen LogP contribution is 2.26. The fourth-order valence-electron chi connectivity index (χ4n) is 2.89. The van der Waals surface area contributed by atoms with Crippen molar-refractivity contribution >= 4 is 21.7 Å². The second-order valence-corrected chi connectivity index (χ2v) is 7.21. The Bertz CT molecular complexity index is 680. The van der Waals surface area contributed by atoms with Crippen LogP contribution in [0.15, 0.2) is 22.9 Å². The van der Waals surface area contributed by atoms with Crippen LogP contribution in [0.3, 0.4) is 0 Å². The molecule has 0 aliphatic heterocycles. The Morgan fingerprint density at radius 3 is 2.48 bits per heavy atom. The third-order valence-electron chi connectivity index (χ3n) is 4.19. The van der Waals surface area contributed by atoms with Crippen LogP contribution < -0.4 is 10.1 Å². The summed E-state index contributed by atoms with van der Waals surface area (Å²) < 4.78 is 6.92. The molecule has 0 atom stereocenters. The van der Waals surface area contributed by atoms with Gasteiger partial charge in [0.2, 0.25) is 0 Å². The molecular weight excluding hydrogens is 378 g/mol. The van der Waals surface area contributed by atoms with Crippen LogP contribution in [-0.4, -0.2) is 23.1 Å². The summed E-state index contributed by atoms with van der Waals surface area (Å²) in [6.07, 6.45) is 6.52. The smallest absolute Gasteiger partial charge is 0.144 e. The number of aryl methyl sites for hydroxylation is 4. The number of halogens is 1. The van der Waals surface area contributed by atoms with E-state index in [1.165, 1.54) is 36.0 Å². The standard InChI is InChI=1S/C20H28BrN3O/c1-5-6-7-8-17-11-14(2)19(15(3)12-17)25-10-9-22-20-18(21)16(4)23-13-24-20/h11-13H,5-10H2,1-4H3,(H,22,23,24). The molecule has 4 nitrogen and oxygen atoms in total. The largest absolute Gasteiger partial charge is 0.491 e. The van der Waals surface area contributed by atoms with E-state index >= 15 is 0 Å². The molecular formula is C20H28BrN3O. The van der Waals surface area contributed by atoms with E-state index in [0.29, 0.717) is 13.2 Å². The number of hydrogen-bond acceptors (Lipinski definition) is 4. The first-order chi connectivity index (χ1) is 12.0. The van der Waals surface area contributed by atoms with Crippen LogP contribution in [0.1, 0.15) is 48.6 Å². The third kappa shape index (κ3) is 5.70. The Labute approximate surface area is 159 Å². The summed E-state index contributed by atoms with van der Waals surface area (Å²) >= 11 is 3.51. The van der Waals surface area contributed by atoms with Gasteiger partial charge in [0.25, 0.3) is 0 Å². The molecule has 0 spiro atoms. The lowest BCUT2D eigenvalue weighted by atomic mass is 10.0. The second-order valence-electron chi connectivity index (χ2n) is 6.41. The van der Waals surface area contributed by atoms with Crippen molar-refractivity contribution in [1.29, 1.82) is 0 Å². The first-order valence-corrected chi connectivity index (χ1v) is 9.76. The monoisotopic (exact) mass is 405 g/mol. The van der Waals surface area contributed by atoms with Gasteiger partial charge in [-0.2, -0.15) is 0 Å². The van der Waals surface area contributed by atoms with Gasteiger partial charge in [-0.1, -0.05) is 31.9 Å². The second kappa shape index (κ2) is 9.76. The maximum Gasteiger partial charge on any atom is 0.144 e. The van der Waals surface area contributed by atoms with Gasteiger partial charge in [0.15, 0.2) is 0 Å². The fraction of sp³-hybridized carbons (Fsp3) is 0.500. The molecule has 0 saturated carbocycles. The molecule has 2 rings (SSSR count). The summed E-state index contributed by atoms with van der Waals surface area (Å²) in [6.45, 7) is 9.72. The molecule has 2 aromatic rings. The number of anilines is 1. The maximum atomic E-state index is 6.02. The lowest BCUT2D eigenvalue weighted by Crippen LogP contribution is -2.14. The lowest BCUT2D eigenvalue weighted by Gasteiger charge is -2.15. The minimum absolute atomic E-state index is 0.590. The molecule has 0 fully saturated rings. The summed E-state index contributed by atoms with van der Waals surface area (Å²) in [6, 6.07) is 4.52. The number of rotatable bonds is 9. The molecule has 1 N–H and O–H groups in total. The molecule has 1 aromatic carbocycles. The minimum Gasteiger partial charge on any atom is -0.491 e. The van der Waals surface area contributed by atoms with Gasteiger partial charge >= 0.3 is 0 Å². The molecule has 0 amide bonds. The van der Waals surface area contributed by atoms with Gasteiger partial charge < -0.3 is 10.1 Å². The predicted molar refractivity (Wildman–Crippen MR) is 108 cm³/mol. The van der Waals surface area contributed by atoms with Gasteiger partial charge in [-0.05, 0) is 66.2 Å². The van der Waals surface area contributed by atoms with E-state index in [1.807, 2.05) is 6.92 Å². The van der Waals surface area contributed by atoms with E-state index in [1.54, 1.807) is 6.33 Å². The van der Waals surface area contributed by atoms with Crippen LogP contribution >= 0.6 is 15.9 Å². The van der Waals surface area contributed by atoms with Crippen molar-refractivity contribution in [3.8, 4) is 5.75 Å². The van der Waals surface area contributed by atoms with Crippen molar-refractivity contribution in [1.82, 2.24) is 9.97 Å². The van der Waals surface area contributed by atoms with Crippen molar-refractivity contribution in [2.75, 3.05) is 18.5 Å². The van der Waals surface area contributed by atoms with Crippen molar-refractivity contribution in [3.05, 3.63) is 45.3 Å². The first kappa shape index (κ1) is 19.7. The highest BCUT2D eigenvalue weighted by molar-refractivity contribution is 9.10. The Hall–Kier alpha value is -1.62. The summed E-state index contributed by atoms with van der Waals surface area (Å²) in [5.41, 5.74) is 4.76. The predicted octanol–water partition coefficient (Wildman–Crippen LogP) is 5.39. The van der Waals surface area contributed by atoms with Crippen molar-refractivity contribution in [2.45, 2.75) is 53.4 Å². The SMILES string of the molecule is CCCCCc1cc(C)c(OCCNc2ncnc(C)c2Br)c(C)c1. The van der Waals surface area contributed by atoms with Crippen molar-refractivity contribution in [2.24, 2.45) is 0 Å². The van der Waals surface area contributed by atoms with E-state index in [0.717, 1.165) is 28.2 Å².